The summed E-state index contributed by atoms with van der Waals surface area (Å²) in [6, 6.07) is 13.5. The quantitative estimate of drug-likeness (QED) is 0.534. The highest BCUT2D eigenvalue weighted by Crippen LogP contribution is 2.12. The van der Waals surface area contributed by atoms with Crippen molar-refractivity contribution in [3.63, 3.8) is 0 Å². The summed E-state index contributed by atoms with van der Waals surface area (Å²) in [7, 11) is 0. The third kappa shape index (κ3) is 7.29. The van der Waals surface area contributed by atoms with Crippen molar-refractivity contribution in [3.05, 3.63) is 59.7 Å². The van der Waals surface area contributed by atoms with Gasteiger partial charge in [0, 0.05) is 23.5 Å². The molecule has 0 aliphatic carbocycles. The Bertz CT molecular complexity index is 834. The van der Waals surface area contributed by atoms with Crippen molar-refractivity contribution in [1.82, 2.24) is 5.32 Å². The Morgan fingerprint density at radius 3 is 2.34 bits per heavy atom. The minimum Gasteiger partial charge on any atom is -0.462 e. The predicted octanol–water partition coefficient (Wildman–Crippen LogP) is 3.44. The molecule has 154 valence electrons. The number of amides is 2. The van der Waals surface area contributed by atoms with Gasteiger partial charge in [-0.15, -0.1) is 0 Å². The van der Waals surface area contributed by atoms with Crippen LogP contribution in [-0.2, 0) is 9.53 Å². The van der Waals surface area contributed by atoms with Gasteiger partial charge in [0.1, 0.15) is 0 Å². The molecule has 0 aliphatic rings. The summed E-state index contributed by atoms with van der Waals surface area (Å²) in [6.07, 6.45) is 1.63. The highest BCUT2D eigenvalue weighted by atomic mass is 16.5. The molecule has 7 heteroatoms. The van der Waals surface area contributed by atoms with Crippen LogP contribution in [0.3, 0.4) is 0 Å². The summed E-state index contributed by atoms with van der Waals surface area (Å²) in [5.41, 5.74) is 2.22. The van der Waals surface area contributed by atoms with Gasteiger partial charge in [-0.25, -0.2) is 4.79 Å². The summed E-state index contributed by atoms with van der Waals surface area (Å²) >= 11 is 0. The molecule has 29 heavy (non-hydrogen) atoms. The number of hydrogen-bond donors (Lipinski definition) is 3. The lowest BCUT2D eigenvalue weighted by Crippen LogP contribution is -2.24. The average molecular weight is 397 g/mol. The molecule has 0 fully saturated rings. The van der Waals surface area contributed by atoms with E-state index in [1.165, 1.54) is 0 Å². The molecule has 2 amide bonds. The molecule has 2 aromatic rings. The van der Waals surface area contributed by atoms with Gasteiger partial charge in [0.25, 0.3) is 5.91 Å². The summed E-state index contributed by atoms with van der Waals surface area (Å²) < 4.78 is 5.08. The predicted molar refractivity (Wildman–Crippen MR) is 113 cm³/mol. The lowest BCUT2D eigenvalue weighted by Gasteiger charge is -2.10. The number of benzene rings is 2. The van der Waals surface area contributed by atoms with Crippen molar-refractivity contribution >= 4 is 29.2 Å². The van der Waals surface area contributed by atoms with Crippen LogP contribution in [0.4, 0.5) is 11.4 Å². The number of carbonyl (C=O) groups excluding carboxylic acids is 3. The molecule has 0 unspecified atom stereocenters. The van der Waals surface area contributed by atoms with Crippen molar-refractivity contribution in [2.24, 2.45) is 0 Å². The number of anilines is 2. The lowest BCUT2D eigenvalue weighted by molar-refractivity contribution is -0.114. The molecule has 0 saturated heterocycles. The zero-order chi connectivity index (χ0) is 21.1. The van der Waals surface area contributed by atoms with Crippen LogP contribution in [0.25, 0.3) is 0 Å². The van der Waals surface area contributed by atoms with Crippen LogP contribution in [0.2, 0.25) is 0 Å². The number of rotatable bonds is 10. The topological polar surface area (TPSA) is 96.5 Å². The van der Waals surface area contributed by atoms with Crippen molar-refractivity contribution in [3.8, 4) is 0 Å². The van der Waals surface area contributed by atoms with Gasteiger partial charge in [-0.3, -0.25) is 9.59 Å². The van der Waals surface area contributed by atoms with Gasteiger partial charge in [0.05, 0.1) is 18.7 Å². The molecule has 2 aromatic carbocycles. The zero-order valence-corrected chi connectivity index (χ0v) is 16.8. The Morgan fingerprint density at radius 2 is 1.66 bits per heavy atom. The Morgan fingerprint density at radius 1 is 0.897 bits per heavy atom. The Hall–Kier alpha value is -3.35. The standard InChI is InChI=1S/C22H27N3O4/c1-3-12-23-21(27)17-6-5-7-19(14-17)25-20(26)15-24-18-10-8-16(9-11-18)22(28)29-13-4-2/h5-11,14,24H,3-4,12-13,15H2,1-2H3,(H,23,27)(H,25,26). The molecule has 2 rings (SSSR count). The SMILES string of the molecule is CCCNC(=O)c1cccc(NC(=O)CNc2ccc(C(=O)OCCC)cc2)c1. The van der Waals surface area contributed by atoms with Crippen LogP contribution >= 0.6 is 0 Å². The Kier molecular flexibility index (Phi) is 8.69. The van der Waals surface area contributed by atoms with E-state index >= 15 is 0 Å². The van der Waals surface area contributed by atoms with E-state index in [2.05, 4.69) is 16.0 Å². The van der Waals surface area contributed by atoms with Crippen LogP contribution in [0.5, 0.6) is 0 Å². The summed E-state index contributed by atoms with van der Waals surface area (Å²) in [5, 5.41) is 8.56. The minimum absolute atomic E-state index is 0.0475. The molecule has 0 spiro atoms. The molecule has 7 nitrogen and oxygen atoms in total. The molecular formula is C22H27N3O4. The number of ether oxygens (including phenoxy) is 1. The van der Waals surface area contributed by atoms with Crippen molar-refractivity contribution in [2.45, 2.75) is 26.7 Å². The first-order valence-corrected chi connectivity index (χ1v) is 9.72. The van der Waals surface area contributed by atoms with Crippen LogP contribution in [0, 0.1) is 0 Å². The van der Waals surface area contributed by atoms with Gasteiger partial charge in [0.2, 0.25) is 5.91 Å². The fourth-order valence-corrected chi connectivity index (χ4v) is 2.47. The highest BCUT2D eigenvalue weighted by molar-refractivity contribution is 5.98. The van der Waals surface area contributed by atoms with E-state index in [-0.39, 0.29) is 24.3 Å². The molecule has 0 atom stereocenters. The van der Waals surface area contributed by atoms with E-state index in [4.69, 9.17) is 4.74 Å². The summed E-state index contributed by atoms with van der Waals surface area (Å²) in [5.74, 6) is -0.778. The van der Waals surface area contributed by atoms with E-state index in [9.17, 15) is 14.4 Å². The Labute approximate surface area is 170 Å². The largest absolute Gasteiger partial charge is 0.462 e. The van der Waals surface area contributed by atoms with Crippen molar-refractivity contribution in [1.29, 1.82) is 0 Å². The normalized spacial score (nSPS) is 10.1. The fourth-order valence-electron chi connectivity index (χ4n) is 2.47. The number of nitrogens with one attached hydrogen (secondary N) is 3. The maximum atomic E-state index is 12.2. The van der Waals surface area contributed by atoms with Crippen LogP contribution in [0.1, 0.15) is 47.4 Å². The first-order chi connectivity index (χ1) is 14.0. The maximum Gasteiger partial charge on any atom is 0.338 e. The first-order valence-electron chi connectivity index (χ1n) is 9.72. The van der Waals surface area contributed by atoms with E-state index in [1.807, 2.05) is 13.8 Å². The van der Waals surface area contributed by atoms with Gasteiger partial charge >= 0.3 is 5.97 Å². The lowest BCUT2D eigenvalue weighted by atomic mass is 10.2. The molecule has 0 radical (unpaired) electrons. The highest BCUT2D eigenvalue weighted by Gasteiger charge is 2.09. The van der Waals surface area contributed by atoms with Crippen LogP contribution in [0.15, 0.2) is 48.5 Å². The number of carbonyl (C=O) groups is 3. The Balaban J connectivity index is 1.85. The van der Waals surface area contributed by atoms with E-state index in [0.29, 0.717) is 35.7 Å². The third-order valence-corrected chi connectivity index (χ3v) is 3.96. The van der Waals surface area contributed by atoms with E-state index in [1.54, 1.807) is 48.5 Å². The van der Waals surface area contributed by atoms with Crippen LogP contribution in [-0.4, -0.2) is 37.5 Å². The maximum absolute atomic E-state index is 12.2. The van der Waals surface area contributed by atoms with Crippen molar-refractivity contribution in [2.75, 3.05) is 30.3 Å². The van der Waals surface area contributed by atoms with E-state index in [0.717, 1.165) is 12.8 Å². The molecular weight excluding hydrogens is 370 g/mol. The van der Waals surface area contributed by atoms with E-state index < -0.39 is 0 Å². The first kappa shape index (κ1) is 21.9. The second kappa shape index (κ2) is 11.5. The second-order valence-corrected chi connectivity index (χ2v) is 6.45. The van der Waals surface area contributed by atoms with Gasteiger partial charge in [0.15, 0.2) is 0 Å². The molecule has 0 heterocycles. The summed E-state index contributed by atoms with van der Waals surface area (Å²) in [6.45, 7) is 4.96. The summed E-state index contributed by atoms with van der Waals surface area (Å²) in [4.78, 5) is 36.0. The smallest absolute Gasteiger partial charge is 0.338 e. The molecule has 0 bridgehead atoms. The molecule has 0 saturated carbocycles. The van der Waals surface area contributed by atoms with Crippen molar-refractivity contribution < 1.29 is 19.1 Å². The molecule has 3 N–H and O–H groups in total. The minimum atomic E-state index is -0.362. The monoisotopic (exact) mass is 397 g/mol. The van der Waals surface area contributed by atoms with Gasteiger partial charge in [-0.1, -0.05) is 19.9 Å². The fraction of sp³-hybridized carbons (Fsp3) is 0.318. The average Bonchev–Trinajstić information content (AvgIpc) is 2.74. The van der Waals surface area contributed by atoms with Gasteiger partial charge < -0.3 is 20.7 Å². The number of hydrogen-bond acceptors (Lipinski definition) is 5. The van der Waals surface area contributed by atoms with Gasteiger partial charge in [-0.2, -0.15) is 0 Å². The molecule has 0 aromatic heterocycles. The zero-order valence-electron chi connectivity index (χ0n) is 16.8. The van der Waals surface area contributed by atoms with Gasteiger partial charge in [-0.05, 0) is 55.3 Å². The molecule has 0 aliphatic heterocycles. The second-order valence-electron chi connectivity index (χ2n) is 6.45. The van der Waals surface area contributed by atoms with Crippen LogP contribution < -0.4 is 16.0 Å². The third-order valence-electron chi connectivity index (χ3n) is 3.96. The number of esters is 1.